The molecule has 0 saturated carbocycles. The molecule has 0 radical (unpaired) electrons. The van der Waals surface area contributed by atoms with Crippen molar-refractivity contribution in [3.05, 3.63) is 64.7 Å². The molecule has 0 aliphatic carbocycles. The number of aryl methyl sites for hydroxylation is 2. The molecule has 0 aromatic heterocycles. The Morgan fingerprint density at radius 1 is 1.00 bits per heavy atom. The van der Waals surface area contributed by atoms with Gasteiger partial charge in [-0.3, -0.25) is 9.59 Å². The minimum Gasteiger partial charge on any atom is -0.300 e. The van der Waals surface area contributed by atoms with Crippen LogP contribution in [0.5, 0.6) is 0 Å². The first-order chi connectivity index (χ1) is 9.58. The number of anilines is 1. The molecule has 0 N–H and O–H groups in total. The van der Waals surface area contributed by atoms with Gasteiger partial charge in [0.05, 0.1) is 17.8 Å². The molecule has 1 aliphatic rings. The number of rotatable bonds is 2. The summed E-state index contributed by atoms with van der Waals surface area (Å²) in [5.74, 6) is -0.833. The summed E-state index contributed by atoms with van der Waals surface area (Å²) >= 11 is 0. The predicted molar refractivity (Wildman–Crippen MR) is 77.9 cm³/mol. The van der Waals surface area contributed by atoms with Crippen molar-refractivity contribution in [2.45, 2.75) is 20.4 Å². The summed E-state index contributed by atoms with van der Waals surface area (Å²) in [4.78, 5) is 25.9. The van der Waals surface area contributed by atoms with Gasteiger partial charge in [-0.05, 0) is 36.6 Å². The van der Waals surface area contributed by atoms with Crippen molar-refractivity contribution in [3.8, 4) is 0 Å². The van der Waals surface area contributed by atoms with Crippen LogP contribution in [-0.2, 0) is 11.3 Å². The fraction of sp³-hybridized carbons (Fsp3) is 0.176. The highest BCUT2D eigenvalue weighted by atomic mass is 16.2. The summed E-state index contributed by atoms with van der Waals surface area (Å²) in [6.07, 6.45) is 0. The van der Waals surface area contributed by atoms with Crippen LogP contribution in [-0.4, -0.2) is 11.7 Å². The van der Waals surface area contributed by atoms with Gasteiger partial charge in [0.1, 0.15) is 0 Å². The maximum Gasteiger partial charge on any atom is 0.299 e. The number of Topliss-reactive ketones (excluding diaryl/α,β-unsaturated/α-hetero) is 1. The van der Waals surface area contributed by atoms with E-state index in [1.54, 1.807) is 11.0 Å². The SMILES string of the molecule is Cc1cc(C)c2c(c1)C(=O)C(=O)N2Cc1ccccc1. The number of hydrogen-bond donors (Lipinski definition) is 0. The highest BCUT2D eigenvalue weighted by Gasteiger charge is 2.36. The molecule has 2 aromatic rings. The minimum atomic E-state index is -0.433. The van der Waals surface area contributed by atoms with E-state index in [1.807, 2.05) is 50.2 Å². The Hall–Kier alpha value is -2.42. The lowest BCUT2D eigenvalue weighted by Gasteiger charge is -2.18. The van der Waals surface area contributed by atoms with Crippen molar-refractivity contribution in [2.75, 3.05) is 4.90 Å². The molecule has 0 spiro atoms. The average Bonchev–Trinajstić information content (AvgIpc) is 2.65. The van der Waals surface area contributed by atoms with Crippen LogP contribution in [0.25, 0.3) is 0 Å². The third-order valence-corrected chi connectivity index (χ3v) is 3.58. The lowest BCUT2D eigenvalue weighted by Crippen LogP contribution is -2.29. The van der Waals surface area contributed by atoms with Crippen LogP contribution in [0.2, 0.25) is 0 Å². The van der Waals surface area contributed by atoms with Crippen LogP contribution in [0.3, 0.4) is 0 Å². The summed E-state index contributed by atoms with van der Waals surface area (Å²) in [5, 5.41) is 0. The van der Waals surface area contributed by atoms with Crippen LogP contribution in [0.4, 0.5) is 5.69 Å². The Bertz CT molecular complexity index is 704. The zero-order valence-corrected chi connectivity index (χ0v) is 11.5. The fourth-order valence-corrected chi connectivity index (χ4v) is 2.75. The topological polar surface area (TPSA) is 37.4 Å². The zero-order chi connectivity index (χ0) is 14.3. The van der Waals surface area contributed by atoms with E-state index >= 15 is 0 Å². The Kier molecular flexibility index (Phi) is 2.90. The van der Waals surface area contributed by atoms with Crippen LogP contribution in [0, 0.1) is 13.8 Å². The quantitative estimate of drug-likeness (QED) is 0.783. The van der Waals surface area contributed by atoms with Gasteiger partial charge in [0, 0.05) is 0 Å². The molecule has 0 bridgehead atoms. The van der Waals surface area contributed by atoms with Crippen LogP contribution >= 0.6 is 0 Å². The first-order valence-electron chi connectivity index (χ1n) is 6.59. The lowest BCUT2D eigenvalue weighted by molar-refractivity contribution is -0.114. The molecule has 20 heavy (non-hydrogen) atoms. The number of carbonyl (C=O) groups is 2. The largest absolute Gasteiger partial charge is 0.300 e. The Labute approximate surface area is 117 Å². The maximum absolute atomic E-state index is 12.2. The Balaban J connectivity index is 2.07. The third kappa shape index (κ3) is 1.92. The van der Waals surface area contributed by atoms with Gasteiger partial charge < -0.3 is 4.90 Å². The Morgan fingerprint density at radius 2 is 1.70 bits per heavy atom. The first-order valence-corrected chi connectivity index (χ1v) is 6.59. The second kappa shape index (κ2) is 4.60. The number of amides is 1. The standard InChI is InChI=1S/C17H15NO2/c1-11-8-12(2)15-14(9-11)16(19)17(20)18(15)10-13-6-4-3-5-7-13/h3-9H,10H2,1-2H3. The molecule has 0 atom stereocenters. The number of ketones is 1. The minimum absolute atomic E-state index is 0.400. The summed E-state index contributed by atoms with van der Waals surface area (Å²) in [5.41, 5.74) is 4.28. The Morgan fingerprint density at radius 3 is 2.40 bits per heavy atom. The molecule has 3 heteroatoms. The molecule has 2 aromatic carbocycles. The summed E-state index contributed by atoms with van der Waals surface area (Å²) in [7, 11) is 0. The van der Waals surface area contributed by atoms with Gasteiger partial charge in [0.2, 0.25) is 0 Å². The number of fused-ring (bicyclic) bond motifs is 1. The van der Waals surface area contributed by atoms with Crippen LogP contribution in [0.15, 0.2) is 42.5 Å². The fourth-order valence-electron chi connectivity index (χ4n) is 2.75. The van der Waals surface area contributed by atoms with E-state index < -0.39 is 11.7 Å². The molecule has 3 rings (SSSR count). The van der Waals surface area contributed by atoms with E-state index in [0.717, 1.165) is 22.4 Å². The van der Waals surface area contributed by atoms with Crippen molar-refractivity contribution in [1.29, 1.82) is 0 Å². The zero-order valence-electron chi connectivity index (χ0n) is 11.5. The summed E-state index contributed by atoms with van der Waals surface area (Å²) < 4.78 is 0. The number of carbonyl (C=O) groups excluding carboxylic acids is 2. The number of benzene rings is 2. The monoisotopic (exact) mass is 265 g/mol. The van der Waals surface area contributed by atoms with Gasteiger partial charge in [-0.2, -0.15) is 0 Å². The van der Waals surface area contributed by atoms with Gasteiger partial charge in [-0.15, -0.1) is 0 Å². The molecule has 0 saturated heterocycles. The van der Waals surface area contributed by atoms with E-state index in [1.165, 1.54) is 0 Å². The van der Waals surface area contributed by atoms with Crippen LogP contribution < -0.4 is 4.90 Å². The van der Waals surface area contributed by atoms with Crippen molar-refractivity contribution in [2.24, 2.45) is 0 Å². The van der Waals surface area contributed by atoms with E-state index in [-0.39, 0.29) is 0 Å². The van der Waals surface area contributed by atoms with Gasteiger partial charge >= 0.3 is 0 Å². The van der Waals surface area contributed by atoms with E-state index in [4.69, 9.17) is 0 Å². The van der Waals surface area contributed by atoms with E-state index in [9.17, 15) is 9.59 Å². The maximum atomic E-state index is 12.2. The van der Waals surface area contributed by atoms with Crippen LogP contribution in [0.1, 0.15) is 27.0 Å². The molecule has 100 valence electrons. The van der Waals surface area contributed by atoms with E-state index in [2.05, 4.69) is 0 Å². The predicted octanol–water partition coefficient (Wildman–Crippen LogP) is 3.03. The molecular formula is C17H15NO2. The smallest absolute Gasteiger partial charge is 0.299 e. The molecular weight excluding hydrogens is 250 g/mol. The first kappa shape index (κ1) is 12.6. The number of nitrogens with zero attached hydrogens (tertiary/aromatic N) is 1. The van der Waals surface area contributed by atoms with Crippen molar-refractivity contribution in [1.82, 2.24) is 0 Å². The second-order valence-electron chi connectivity index (χ2n) is 5.18. The molecule has 1 heterocycles. The van der Waals surface area contributed by atoms with Gasteiger partial charge in [-0.25, -0.2) is 0 Å². The highest BCUT2D eigenvalue weighted by Crippen LogP contribution is 2.34. The average molecular weight is 265 g/mol. The number of hydrogen-bond acceptors (Lipinski definition) is 2. The molecule has 0 fully saturated rings. The van der Waals surface area contributed by atoms with Gasteiger partial charge in [0.25, 0.3) is 11.7 Å². The van der Waals surface area contributed by atoms with Gasteiger partial charge in [0.15, 0.2) is 0 Å². The molecule has 3 nitrogen and oxygen atoms in total. The lowest BCUT2D eigenvalue weighted by atomic mass is 10.0. The summed E-state index contributed by atoms with van der Waals surface area (Å²) in [6, 6.07) is 13.5. The van der Waals surface area contributed by atoms with E-state index in [0.29, 0.717) is 12.1 Å². The highest BCUT2D eigenvalue weighted by molar-refractivity contribution is 6.52. The van der Waals surface area contributed by atoms with Crippen molar-refractivity contribution in [3.63, 3.8) is 0 Å². The third-order valence-electron chi connectivity index (χ3n) is 3.58. The molecule has 0 unspecified atom stereocenters. The second-order valence-corrected chi connectivity index (χ2v) is 5.18. The van der Waals surface area contributed by atoms with Crippen molar-refractivity contribution < 1.29 is 9.59 Å². The summed E-state index contributed by atoms with van der Waals surface area (Å²) in [6.45, 7) is 4.31. The molecule has 1 amide bonds. The molecule has 1 aliphatic heterocycles. The normalized spacial score (nSPS) is 13.8. The van der Waals surface area contributed by atoms with Crippen molar-refractivity contribution >= 4 is 17.4 Å². The van der Waals surface area contributed by atoms with Gasteiger partial charge in [-0.1, -0.05) is 36.4 Å².